The lowest BCUT2D eigenvalue weighted by molar-refractivity contribution is 0.865. The van der Waals surface area contributed by atoms with Gasteiger partial charge in [0.25, 0.3) is 0 Å². The summed E-state index contributed by atoms with van der Waals surface area (Å²) in [5.41, 5.74) is 10.8. The van der Waals surface area contributed by atoms with Crippen molar-refractivity contribution >= 4 is 41.4 Å². The molecule has 0 aromatic heterocycles. The van der Waals surface area contributed by atoms with Crippen LogP contribution in [0.15, 0.2) is 152 Å². The molecule has 0 radical (unpaired) electrons. The second kappa shape index (κ2) is 14.7. The number of rotatable bonds is 10. The van der Waals surface area contributed by atoms with Gasteiger partial charge >= 0.3 is 0 Å². The highest BCUT2D eigenvalue weighted by Crippen LogP contribution is 2.37. The zero-order valence-corrected chi connectivity index (χ0v) is 25.3. The van der Waals surface area contributed by atoms with E-state index >= 15 is 0 Å². The van der Waals surface area contributed by atoms with E-state index in [0.29, 0.717) is 5.92 Å². The average molecular weight is 558 g/mol. The largest absolute Gasteiger partial charge is 0.310 e. The molecule has 0 saturated carbocycles. The zero-order chi connectivity index (χ0) is 29.9. The van der Waals surface area contributed by atoms with Crippen LogP contribution in [0.3, 0.4) is 0 Å². The lowest BCUT2D eigenvalue weighted by Gasteiger charge is -2.28. The molecule has 0 saturated heterocycles. The molecule has 0 bridgehead atoms. The van der Waals surface area contributed by atoms with Gasteiger partial charge in [0.2, 0.25) is 0 Å². The van der Waals surface area contributed by atoms with Crippen LogP contribution >= 0.6 is 0 Å². The summed E-state index contributed by atoms with van der Waals surface area (Å²) >= 11 is 0. The van der Waals surface area contributed by atoms with Crippen LogP contribution in [-0.4, -0.2) is 0 Å². The van der Waals surface area contributed by atoms with E-state index in [9.17, 15) is 0 Å². The summed E-state index contributed by atoms with van der Waals surface area (Å²) in [6, 6.07) is 45.1. The van der Waals surface area contributed by atoms with Crippen molar-refractivity contribution in [2.75, 3.05) is 4.90 Å². The number of anilines is 3. The van der Waals surface area contributed by atoms with E-state index in [-0.39, 0.29) is 0 Å². The van der Waals surface area contributed by atoms with E-state index in [1.807, 2.05) is 12.1 Å². The molecule has 0 aliphatic heterocycles. The molecule has 0 spiro atoms. The molecule has 0 heterocycles. The van der Waals surface area contributed by atoms with Crippen LogP contribution in [0.5, 0.6) is 0 Å². The highest BCUT2D eigenvalue weighted by molar-refractivity contribution is 5.79. The fourth-order valence-corrected chi connectivity index (χ4v) is 4.98. The molecule has 5 aromatic rings. The van der Waals surface area contributed by atoms with Gasteiger partial charge in [0, 0.05) is 17.1 Å². The van der Waals surface area contributed by atoms with Crippen molar-refractivity contribution in [2.45, 2.75) is 26.7 Å². The van der Waals surface area contributed by atoms with Crippen molar-refractivity contribution < 1.29 is 0 Å². The second-order valence-corrected chi connectivity index (χ2v) is 11.0. The van der Waals surface area contributed by atoms with Gasteiger partial charge < -0.3 is 4.90 Å². The molecule has 0 atom stereocenters. The molecule has 1 nitrogen and oxygen atoms in total. The Balaban J connectivity index is 1.38. The first-order valence-electron chi connectivity index (χ1n) is 15.0. The smallest absolute Gasteiger partial charge is 0.0490 e. The van der Waals surface area contributed by atoms with Crippen LogP contribution in [0.25, 0.3) is 24.3 Å². The van der Waals surface area contributed by atoms with Gasteiger partial charge in [0.15, 0.2) is 0 Å². The molecule has 43 heavy (non-hydrogen) atoms. The summed E-state index contributed by atoms with van der Waals surface area (Å²) in [5.74, 6) is 0.491. The first kappa shape index (κ1) is 29.4. The number of hydrogen-bond acceptors (Lipinski definition) is 1. The fourth-order valence-electron chi connectivity index (χ4n) is 4.98. The molecule has 5 aromatic carbocycles. The van der Waals surface area contributed by atoms with Crippen molar-refractivity contribution in [3.05, 3.63) is 185 Å². The third-order valence-corrected chi connectivity index (χ3v) is 7.41. The summed E-state index contributed by atoms with van der Waals surface area (Å²) in [7, 11) is 0. The Morgan fingerprint density at radius 2 is 0.860 bits per heavy atom. The maximum Gasteiger partial charge on any atom is 0.0490 e. The van der Waals surface area contributed by atoms with Gasteiger partial charge in [-0.3, -0.25) is 0 Å². The van der Waals surface area contributed by atoms with E-state index in [2.05, 4.69) is 190 Å². The second-order valence-electron chi connectivity index (χ2n) is 11.0. The molecule has 212 valence electrons. The minimum absolute atomic E-state index is 0.491. The Hall–Kier alpha value is -5.14. The molecule has 0 aliphatic rings. The van der Waals surface area contributed by atoms with Crippen LogP contribution in [-0.2, 0) is 0 Å². The van der Waals surface area contributed by atoms with Crippen molar-refractivity contribution in [1.29, 1.82) is 0 Å². The van der Waals surface area contributed by atoms with Crippen molar-refractivity contribution in [2.24, 2.45) is 0 Å². The highest BCUT2D eigenvalue weighted by Gasteiger charge is 2.15. The normalized spacial score (nSPS) is 11.9. The van der Waals surface area contributed by atoms with E-state index in [0.717, 1.165) is 22.5 Å². The van der Waals surface area contributed by atoms with E-state index < -0.39 is 0 Å². The Kier molecular flexibility index (Phi) is 10.0. The van der Waals surface area contributed by atoms with Crippen LogP contribution in [0.1, 0.15) is 53.1 Å². The minimum atomic E-state index is 0.491. The van der Waals surface area contributed by atoms with Gasteiger partial charge in [0.1, 0.15) is 0 Å². The van der Waals surface area contributed by atoms with Crippen LogP contribution in [0, 0.1) is 6.92 Å². The molecule has 0 N–H and O–H groups in total. The molecular weight excluding hydrogens is 518 g/mol. The molecule has 0 unspecified atom stereocenters. The molecule has 0 fully saturated rings. The van der Waals surface area contributed by atoms with Crippen molar-refractivity contribution in [3.8, 4) is 0 Å². The van der Waals surface area contributed by atoms with Crippen molar-refractivity contribution in [3.63, 3.8) is 0 Å². The van der Waals surface area contributed by atoms with Crippen LogP contribution in [0.4, 0.5) is 17.1 Å². The van der Waals surface area contributed by atoms with Gasteiger partial charge in [-0.2, -0.15) is 0 Å². The predicted molar refractivity (Wildman–Crippen MR) is 189 cm³/mol. The van der Waals surface area contributed by atoms with E-state index in [1.165, 1.54) is 27.9 Å². The molecule has 1 heteroatoms. The lowest BCUT2D eigenvalue weighted by atomic mass is 9.99. The summed E-state index contributed by atoms with van der Waals surface area (Å²) < 4.78 is 0. The Labute approximate surface area is 257 Å². The number of allylic oxidation sites excluding steroid dienone is 4. The lowest BCUT2D eigenvalue weighted by Crippen LogP contribution is -2.11. The summed E-state index contributed by atoms with van der Waals surface area (Å²) in [5, 5.41) is 0. The molecule has 5 rings (SSSR count). The van der Waals surface area contributed by atoms with Gasteiger partial charge in [-0.25, -0.2) is 0 Å². The Morgan fingerprint density at radius 1 is 0.465 bits per heavy atom. The summed E-state index contributed by atoms with van der Waals surface area (Å²) in [6.07, 6.45) is 16.9. The standard InChI is InChI=1S/C42H39N/c1-33(2)39-26-31-42(34(3)32-39)43(40-27-22-37(23-28-40)20-12-10-18-35-14-6-4-7-15-35)41-29-24-38(25-30-41)21-13-11-19-36-16-8-5-9-17-36/h4-33H,1-3H3/b18-10+,19-11+,20-12+,21-13+. The quantitative estimate of drug-likeness (QED) is 0.154. The summed E-state index contributed by atoms with van der Waals surface area (Å²) in [4.78, 5) is 2.35. The maximum absolute atomic E-state index is 2.35. The number of aryl methyl sites for hydroxylation is 1. The van der Waals surface area contributed by atoms with Crippen LogP contribution in [0.2, 0.25) is 0 Å². The molecule has 0 amide bonds. The predicted octanol–water partition coefficient (Wildman–Crippen LogP) is 12.0. The van der Waals surface area contributed by atoms with Crippen molar-refractivity contribution in [1.82, 2.24) is 0 Å². The summed E-state index contributed by atoms with van der Waals surface area (Å²) in [6.45, 7) is 6.70. The third kappa shape index (κ3) is 8.21. The van der Waals surface area contributed by atoms with Gasteiger partial charge in [-0.05, 0) is 76.6 Å². The fraction of sp³-hybridized carbons (Fsp3) is 0.0952. The van der Waals surface area contributed by atoms with E-state index in [4.69, 9.17) is 0 Å². The first-order chi connectivity index (χ1) is 21.1. The van der Waals surface area contributed by atoms with Gasteiger partial charge in [0.05, 0.1) is 0 Å². The third-order valence-electron chi connectivity index (χ3n) is 7.41. The SMILES string of the molecule is Cc1cc(C(C)C)ccc1N(c1ccc(/C=C/C=C/c2ccccc2)cc1)c1ccc(/C=C/C=C/c2ccccc2)cc1. The zero-order valence-electron chi connectivity index (χ0n) is 25.3. The van der Waals surface area contributed by atoms with Gasteiger partial charge in [-0.15, -0.1) is 0 Å². The maximum atomic E-state index is 2.35. The molecule has 0 aliphatic carbocycles. The number of nitrogens with zero attached hydrogens (tertiary/aromatic N) is 1. The topological polar surface area (TPSA) is 3.24 Å². The monoisotopic (exact) mass is 557 g/mol. The minimum Gasteiger partial charge on any atom is -0.310 e. The average Bonchev–Trinajstić information content (AvgIpc) is 3.04. The van der Waals surface area contributed by atoms with E-state index in [1.54, 1.807) is 0 Å². The van der Waals surface area contributed by atoms with Crippen LogP contribution < -0.4 is 4.90 Å². The first-order valence-corrected chi connectivity index (χ1v) is 15.0. The highest BCUT2D eigenvalue weighted by atomic mass is 15.1. The van der Waals surface area contributed by atoms with Gasteiger partial charge in [-0.1, -0.05) is 160 Å². The Morgan fingerprint density at radius 3 is 1.23 bits per heavy atom. The molecular formula is C42H39N. The Bertz CT molecular complexity index is 1600. The number of hydrogen-bond donors (Lipinski definition) is 0. The number of benzene rings is 5.